The van der Waals surface area contributed by atoms with Gasteiger partial charge in [0.2, 0.25) is 0 Å². The second-order valence-corrected chi connectivity index (χ2v) is 6.73. The van der Waals surface area contributed by atoms with Gasteiger partial charge in [0.15, 0.2) is 0 Å². The lowest BCUT2D eigenvalue weighted by Gasteiger charge is -2.46. The van der Waals surface area contributed by atoms with Crippen LogP contribution in [0.15, 0.2) is 0 Å². The summed E-state index contributed by atoms with van der Waals surface area (Å²) >= 11 is 0. The molecule has 3 unspecified atom stereocenters. The largest absolute Gasteiger partial charge is 0.326 e. The molecular formula is C16H36N2. The summed E-state index contributed by atoms with van der Waals surface area (Å²) in [5.41, 5.74) is 6.67. The highest BCUT2D eigenvalue weighted by atomic mass is 15.2. The molecule has 0 spiro atoms. The maximum absolute atomic E-state index is 6.43. The van der Waals surface area contributed by atoms with E-state index in [0.717, 1.165) is 6.42 Å². The molecule has 0 radical (unpaired) electrons. The summed E-state index contributed by atoms with van der Waals surface area (Å²) in [6, 6.07) is 1.37. The van der Waals surface area contributed by atoms with E-state index in [9.17, 15) is 0 Å². The average molecular weight is 256 g/mol. The molecular weight excluding hydrogens is 220 g/mol. The second kappa shape index (κ2) is 8.16. The SMILES string of the molecule is CCCCN(C(C)CC)C(C(N)CC)C(C)(C)C. The number of nitrogens with two attached hydrogens (primary N) is 1. The number of nitrogens with zero attached hydrogens (tertiary/aromatic N) is 1. The highest BCUT2D eigenvalue weighted by molar-refractivity contribution is 4.92. The van der Waals surface area contributed by atoms with Crippen LogP contribution in [0.3, 0.4) is 0 Å². The van der Waals surface area contributed by atoms with E-state index < -0.39 is 0 Å². The highest BCUT2D eigenvalue weighted by Crippen LogP contribution is 2.30. The molecule has 110 valence electrons. The van der Waals surface area contributed by atoms with Crippen molar-refractivity contribution in [2.45, 2.75) is 92.3 Å². The predicted molar refractivity (Wildman–Crippen MR) is 82.9 cm³/mol. The van der Waals surface area contributed by atoms with Gasteiger partial charge in [0.05, 0.1) is 0 Å². The fourth-order valence-corrected chi connectivity index (χ4v) is 2.82. The summed E-state index contributed by atoms with van der Waals surface area (Å²) in [6.07, 6.45) is 4.78. The maximum Gasteiger partial charge on any atom is 0.0298 e. The molecule has 0 aliphatic carbocycles. The molecule has 0 fully saturated rings. The number of hydrogen-bond acceptors (Lipinski definition) is 2. The zero-order valence-electron chi connectivity index (χ0n) is 13.8. The van der Waals surface area contributed by atoms with E-state index in [1.807, 2.05) is 0 Å². The van der Waals surface area contributed by atoms with Crippen LogP contribution in [0.2, 0.25) is 0 Å². The summed E-state index contributed by atoms with van der Waals surface area (Å²) in [4.78, 5) is 2.66. The molecule has 0 saturated heterocycles. The smallest absolute Gasteiger partial charge is 0.0298 e. The average Bonchev–Trinajstić information content (AvgIpc) is 2.30. The van der Waals surface area contributed by atoms with Crippen molar-refractivity contribution < 1.29 is 0 Å². The van der Waals surface area contributed by atoms with Crippen LogP contribution in [0, 0.1) is 5.41 Å². The van der Waals surface area contributed by atoms with Gasteiger partial charge in [0, 0.05) is 18.1 Å². The van der Waals surface area contributed by atoms with E-state index in [0.29, 0.717) is 12.1 Å². The Morgan fingerprint density at radius 3 is 1.94 bits per heavy atom. The van der Waals surface area contributed by atoms with Gasteiger partial charge < -0.3 is 5.73 Å². The van der Waals surface area contributed by atoms with E-state index >= 15 is 0 Å². The molecule has 0 heterocycles. The van der Waals surface area contributed by atoms with Crippen LogP contribution in [0.4, 0.5) is 0 Å². The monoisotopic (exact) mass is 256 g/mol. The fraction of sp³-hybridized carbons (Fsp3) is 1.00. The highest BCUT2D eigenvalue weighted by Gasteiger charge is 2.35. The number of rotatable bonds is 8. The Morgan fingerprint density at radius 1 is 1.06 bits per heavy atom. The van der Waals surface area contributed by atoms with Gasteiger partial charge in [-0.25, -0.2) is 0 Å². The first-order valence-electron chi connectivity index (χ1n) is 7.80. The lowest BCUT2D eigenvalue weighted by molar-refractivity contribution is 0.0422. The van der Waals surface area contributed by atoms with Crippen molar-refractivity contribution in [3.63, 3.8) is 0 Å². The molecule has 2 heteroatoms. The molecule has 0 bridgehead atoms. The predicted octanol–water partition coefficient (Wildman–Crippen LogP) is 4.04. The standard InChI is InChI=1S/C16H36N2/c1-8-11-12-18(13(4)9-2)15(14(17)10-3)16(5,6)7/h13-15H,8-12,17H2,1-7H3. The number of hydrogen-bond donors (Lipinski definition) is 1. The van der Waals surface area contributed by atoms with Crippen molar-refractivity contribution in [2.24, 2.45) is 11.1 Å². The van der Waals surface area contributed by atoms with Crippen molar-refractivity contribution in [2.75, 3.05) is 6.54 Å². The Balaban J connectivity index is 5.07. The van der Waals surface area contributed by atoms with E-state index in [2.05, 4.69) is 53.4 Å². The van der Waals surface area contributed by atoms with Crippen molar-refractivity contribution in [1.29, 1.82) is 0 Å². The second-order valence-electron chi connectivity index (χ2n) is 6.73. The third-order valence-electron chi connectivity index (χ3n) is 4.05. The topological polar surface area (TPSA) is 29.3 Å². The minimum Gasteiger partial charge on any atom is -0.326 e. The summed E-state index contributed by atoms with van der Waals surface area (Å²) in [5, 5.41) is 0. The van der Waals surface area contributed by atoms with Gasteiger partial charge in [0.25, 0.3) is 0 Å². The van der Waals surface area contributed by atoms with Gasteiger partial charge in [-0.2, -0.15) is 0 Å². The molecule has 2 N–H and O–H groups in total. The maximum atomic E-state index is 6.43. The lowest BCUT2D eigenvalue weighted by atomic mass is 9.79. The van der Waals surface area contributed by atoms with Gasteiger partial charge in [0.1, 0.15) is 0 Å². The van der Waals surface area contributed by atoms with E-state index in [4.69, 9.17) is 5.73 Å². The van der Waals surface area contributed by atoms with Gasteiger partial charge in [-0.3, -0.25) is 4.90 Å². The van der Waals surface area contributed by atoms with Crippen LogP contribution >= 0.6 is 0 Å². The fourth-order valence-electron chi connectivity index (χ4n) is 2.82. The molecule has 3 atom stereocenters. The minimum atomic E-state index is 0.243. The lowest BCUT2D eigenvalue weighted by Crippen LogP contribution is -2.57. The molecule has 0 aromatic carbocycles. The van der Waals surface area contributed by atoms with Crippen LogP contribution in [-0.4, -0.2) is 29.6 Å². The molecule has 0 aliphatic rings. The molecule has 0 rings (SSSR count). The third kappa shape index (κ3) is 5.27. The quantitative estimate of drug-likeness (QED) is 0.710. The van der Waals surface area contributed by atoms with Crippen LogP contribution in [0.1, 0.15) is 74.1 Å². The van der Waals surface area contributed by atoms with Gasteiger partial charge in [-0.15, -0.1) is 0 Å². The minimum absolute atomic E-state index is 0.243. The first-order chi connectivity index (χ1) is 8.29. The van der Waals surface area contributed by atoms with Crippen LogP contribution < -0.4 is 5.73 Å². The van der Waals surface area contributed by atoms with Crippen molar-refractivity contribution in [3.05, 3.63) is 0 Å². The molecule has 0 aromatic rings. The molecule has 0 amide bonds. The Morgan fingerprint density at radius 2 is 1.61 bits per heavy atom. The molecule has 2 nitrogen and oxygen atoms in total. The van der Waals surface area contributed by atoms with Crippen LogP contribution in [0.5, 0.6) is 0 Å². The first-order valence-corrected chi connectivity index (χ1v) is 7.80. The van der Waals surface area contributed by atoms with Crippen molar-refractivity contribution in [3.8, 4) is 0 Å². The van der Waals surface area contributed by atoms with E-state index in [1.165, 1.54) is 25.8 Å². The van der Waals surface area contributed by atoms with Crippen LogP contribution in [-0.2, 0) is 0 Å². The van der Waals surface area contributed by atoms with Gasteiger partial charge in [-0.05, 0) is 38.1 Å². The first kappa shape index (κ1) is 17.9. The Hall–Kier alpha value is -0.0800. The zero-order valence-corrected chi connectivity index (χ0v) is 13.8. The van der Waals surface area contributed by atoms with Crippen LogP contribution in [0.25, 0.3) is 0 Å². The van der Waals surface area contributed by atoms with Gasteiger partial charge in [-0.1, -0.05) is 48.0 Å². The summed E-state index contributed by atoms with van der Waals surface area (Å²) in [7, 11) is 0. The molecule has 0 aliphatic heterocycles. The summed E-state index contributed by atoms with van der Waals surface area (Å²) in [6.45, 7) is 17.3. The van der Waals surface area contributed by atoms with Crippen molar-refractivity contribution >= 4 is 0 Å². The Labute approximate surface area is 115 Å². The Kier molecular flexibility index (Phi) is 8.13. The third-order valence-corrected chi connectivity index (χ3v) is 4.05. The van der Waals surface area contributed by atoms with Gasteiger partial charge >= 0.3 is 0 Å². The molecule has 0 saturated carbocycles. The Bertz CT molecular complexity index is 208. The summed E-state index contributed by atoms with van der Waals surface area (Å²) < 4.78 is 0. The normalized spacial score (nSPS) is 17.8. The summed E-state index contributed by atoms with van der Waals surface area (Å²) in [5.74, 6) is 0. The van der Waals surface area contributed by atoms with Crippen molar-refractivity contribution in [1.82, 2.24) is 4.90 Å². The molecule has 18 heavy (non-hydrogen) atoms. The molecule has 0 aromatic heterocycles. The van der Waals surface area contributed by atoms with E-state index in [1.54, 1.807) is 0 Å². The number of unbranched alkanes of at least 4 members (excludes halogenated alkanes) is 1. The van der Waals surface area contributed by atoms with E-state index in [-0.39, 0.29) is 11.5 Å². The zero-order chi connectivity index (χ0) is 14.3.